The number of aryl methyl sites for hydroxylation is 2. The zero-order chi connectivity index (χ0) is 21.4. The van der Waals surface area contributed by atoms with E-state index in [-0.39, 0.29) is 31.3 Å². The van der Waals surface area contributed by atoms with E-state index < -0.39 is 0 Å². The fraction of sp³-hybridized carbons (Fsp3) is 0.318. The molecular formula is C22H25ClN4O2. The number of nitrogens with zero attached hydrogens (tertiary/aromatic N) is 3. The Kier molecular flexibility index (Phi) is 8.20. The van der Waals surface area contributed by atoms with Crippen LogP contribution in [-0.4, -0.2) is 43.4 Å². The van der Waals surface area contributed by atoms with Gasteiger partial charge in [0.05, 0.1) is 36.3 Å². The van der Waals surface area contributed by atoms with Gasteiger partial charge in [0.1, 0.15) is 0 Å². The van der Waals surface area contributed by atoms with Gasteiger partial charge in [-0.05, 0) is 56.3 Å². The molecule has 0 aliphatic carbocycles. The van der Waals surface area contributed by atoms with Crippen LogP contribution in [0.1, 0.15) is 17.5 Å². The summed E-state index contributed by atoms with van der Waals surface area (Å²) in [4.78, 5) is 28.4. The monoisotopic (exact) mass is 412 g/mol. The zero-order valence-corrected chi connectivity index (χ0v) is 17.7. The van der Waals surface area contributed by atoms with Gasteiger partial charge in [-0.15, -0.1) is 0 Å². The third-order valence-electron chi connectivity index (χ3n) is 4.23. The van der Waals surface area contributed by atoms with E-state index in [2.05, 4.69) is 11.4 Å². The molecule has 7 heteroatoms. The van der Waals surface area contributed by atoms with E-state index in [1.165, 1.54) is 0 Å². The molecule has 0 radical (unpaired) electrons. The second kappa shape index (κ2) is 10.6. The van der Waals surface area contributed by atoms with Crippen LogP contribution in [0.2, 0.25) is 5.02 Å². The number of halogens is 1. The SMILES string of the molecule is Cc1cc(C)cc(N(CCC#N)C(=O)CN(C)CC(=O)Nc2ccccc2Cl)c1. The number of carbonyl (C=O) groups excluding carboxylic acids is 2. The molecule has 0 heterocycles. The quantitative estimate of drug-likeness (QED) is 0.715. The summed E-state index contributed by atoms with van der Waals surface area (Å²) in [6.45, 7) is 4.32. The number of nitrogens with one attached hydrogen (secondary N) is 1. The Labute approximate surface area is 176 Å². The topological polar surface area (TPSA) is 76.4 Å². The minimum absolute atomic E-state index is 0.0376. The second-order valence-corrected chi connectivity index (χ2v) is 7.41. The molecule has 0 aliphatic rings. The first-order valence-electron chi connectivity index (χ1n) is 9.28. The Bertz CT molecular complexity index is 903. The number of hydrogen-bond acceptors (Lipinski definition) is 4. The van der Waals surface area contributed by atoms with Crippen molar-refractivity contribution in [2.75, 3.05) is 36.9 Å². The fourth-order valence-electron chi connectivity index (χ4n) is 3.04. The Morgan fingerprint density at radius 1 is 1.10 bits per heavy atom. The van der Waals surface area contributed by atoms with Crippen LogP contribution in [0.25, 0.3) is 0 Å². The highest BCUT2D eigenvalue weighted by atomic mass is 35.5. The molecule has 2 amide bonds. The number of rotatable bonds is 8. The average Bonchev–Trinajstić information content (AvgIpc) is 2.63. The van der Waals surface area contributed by atoms with Gasteiger partial charge in [0.15, 0.2) is 0 Å². The Balaban J connectivity index is 2.03. The highest BCUT2D eigenvalue weighted by molar-refractivity contribution is 6.33. The predicted molar refractivity (Wildman–Crippen MR) is 116 cm³/mol. The molecular weight excluding hydrogens is 388 g/mol. The number of likely N-dealkylation sites (N-methyl/N-ethyl adjacent to an activating group) is 1. The summed E-state index contributed by atoms with van der Waals surface area (Å²) in [5.41, 5.74) is 3.38. The first-order chi connectivity index (χ1) is 13.8. The van der Waals surface area contributed by atoms with E-state index in [4.69, 9.17) is 16.9 Å². The number of benzene rings is 2. The largest absolute Gasteiger partial charge is 0.324 e. The second-order valence-electron chi connectivity index (χ2n) is 7.00. The minimum Gasteiger partial charge on any atom is -0.324 e. The lowest BCUT2D eigenvalue weighted by Gasteiger charge is -2.25. The van der Waals surface area contributed by atoms with Crippen LogP contribution in [0.4, 0.5) is 11.4 Å². The van der Waals surface area contributed by atoms with Gasteiger partial charge in [-0.25, -0.2) is 0 Å². The number of anilines is 2. The Morgan fingerprint density at radius 3 is 2.38 bits per heavy atom. The first-order valence-corrected chi connectivity index (χ1v) is 9.66. The molecule has 2 aromatic rings. The highest BCUT2D eigenvalue weighted by Crippen LogP contribution is 2.21. The minimum atomic E-state index is -0.261. The van der Waals surface area contributed by atoms with Crippen LogP contribution < -0.4 is 10.2 Å². The number of carbonyl (C=O) groups is 2. The van der Waals surface area contributed by atoms with Crippen molar-refractivity contribution in [1.82, 2.24) is 4.90 Å². The van der Waals surface area contributed by atoms with Crippen molar-refractivity contribution in [3.63, 3.8) is 0 Å². The lowest BCUT2D eigenvalue weighted by Crippen LogP contribution is -2.42. The molecule has 0 aromatic heterocycles. The molecule has 1 N–H and O–H groups in total. The molecule has 0 saturated carbocycles. The van der Waals surface area contributed by atoms with Gasteiger partial charge in [0.25, 0.3) is 0 Å². The molecule has 2 rings (SSSR count). The maximum absolute atomic E-state index is 12.9. The van der Waals surface area contributed by atoms with E-state index in [0.29, 0.717) is 17.3 Å². The van der Waals surface area contributed by atoms with Gasteiger partial charge in [-0.2, -0.15) is 5.26 Å². The van der Waals surface area contributed by atoms with Crippen molar-refractivity contribution in [3.8, 4) is 6.07 Å². The van der Waals surface area contributed by atoms with Crippen molar-refractivity contribution in [2.24, 2.45) is 0 Å². The van der Waals surface area contributed by atoms with Crippen LogP contribution >= 0.6 is 11.6 Å². The summed E-state index contributed by atoms with van der Waals surface area (Å²) in [7, 11) is 1.70. The maximum atomic E-state index is 12.9. The van der Waals surface area contributed by atoms with E-state index in [1.807, 2.05) is 32.0 Å². The average molecular weight is 413 g/mol. The van der Waals surface area contributed by atoms with Crippen LogP contribution in [0.5, 0.6) is 0 Å². The van der Waals surface area contributed by atoms with Gasteiger partial charge in [0, 0.05) is 12.2 Å². The summed E-state index contributed by atoms with van der Waals surface area (Å²) in [5.74, 6) is -0.429. The summed E-state index contributed by atoms with van der Waals surface area (Å²) in [6, 6.07) is 14.9. The van der Waals surface area contributed by atoms with Crippen molar-refractivity contribution in [3.05, 3.63) is 58.6 Å². The van der Waals surface area contributed by atoms with Crippen molar-refractivity contribution in [1.29, 1.82) is 5.26 Å². The molecule has 6 nitrogen and oxygen atoms in total. The lowest BCUT2D eigenvalue weighted by atomic mass is 10.1. The van der Waals surface area contributed by atoms with E-state index in [1.54, 1.807) is 41.1 Å². The molecule has 0 fully saturated rings. The Morgan fingerprint density at radius 2 is 1.76 bits per heavy atom. The normalized spacial score (nSPS) is 10.5. The molecule has 0 aliphatic heterocycles. The van der Waals surface area contributed by atoms with Gasteiger partial charge < -0.3 is 10.2 Å². The number of amides is 2. The molecule has 0 unspecified atom stereocenters. The number of nitriles is 1. The zero-order valence-electron chi connectivity index (χ0n) is 16.9. The van der Waals surface area contributed by atoms with Gasteiger partial charge in [-0.1, -0.05) is 29.8 Å². The lowest BCUT2D eigenvalue weighted by molar-refractivity contribution is -0.121. The summed E-state index contributed by atoms with van der Waals surface area (Å²) < 4.78 is 0. The highest BCUT2D eigenvalue weighted by Gasteiger charge is 2.19. The van der Waals surface area contributed by atoms with Crippen LogP contribution in [0, 0.1) is 25.2 Å². The fourth-order valence-corrected chi connectivity index (χ4v) is 3.22. The van der Waals surface area contributed by atoms with Crippen LogP contribution in [0.15, 0.2) is 42.5 Å². The van der Waals surface area contributed by atoms with Crippen molar-refractivity contribution >= 4 is 34.8 Å². The first kappa shape index (κ1) is 22.4. The Hall–Kier alpha value is -2.88. The third-order valence-corrected chi connectivity index (χ3v) is 4.56. The maximum Gasteiger partial charge on any atom is 0.241 e. The molecule has 29 heavy (non-hydrogen) atoms. The summed E-state index contributed by atoms with van der Waals surface area (Å²) >= 11 is 6.06. The van der Waals surface area contributed by atoms with E-state index >= 15 is 0 Å². The number of hydrogen-bond donors (Lipinski definition) is 1. The van der Waals surface area contributed by atoms with E-state index in [9.17, 15) is 9.59 Å². The number of para-hydroxylation sites is 1. The van der Waals surface area contributed by atoms with Crippen LogP contribution in [0.3, 0.4) is 0 Å². The van der Waals surface area contributed by atoms with Crippen molar-refractivity contribution in [2.45, 2.75) is 20.3 Å². The summed E-state index contributed by atoms with van der Waals surface area (Å²) in [6.07, 6.45) is 0.232. The molecule has 0 bridgehead atoms. The van der Waals surface area contributed by atoms with E-state index in [0.717, 1.165) is 16.8 Å². The smallest absolute Gasteiger partial charge is 0.241 e. The standard InChI is InChI=1S/C22H25ClN4O2/c1-16-11-17(2)13-18(12-16)27(10-6-9-24)22(29)15-26(3)14-21(28)25-20-8-5-4-7-19(20)23/h4-5,7-8,11-13H,6,10,14-15H2,1-3H3,(H,25,28). The summed E-state index contributed by atoms with van der Waals surface area (Å²) in [5, 5.41) is 12.2. The molecule has 2 aromatic carbocycles. The molecule has 0 spiro atoms. The molecule has 152 valence electrons. The van der Waals surface area contributed by atoms with Gasteiger partial charge in [-0.3, -0.25) is 14.5 Å². The molecule has 0 atom stereocenters. The third kappa shape index (κ3) is 6.90. The van der Waals surface area contributed by atoms with Crippen LogP contribution in [-0.2, 0) is 9.59 Å². The van der Waals surface area contributed by atoms with Crippen molar-refractivity contribution < 1.29 is 9.59 Å². The van der Waals surface area contributed by atoms with Gasteiger partial charge in [0.2, 0.25) is 11.8 Å². The van der Waals surface area contributed by atoms with Gasteiger partial charge >= 0.3 is 0 Å². The predicted octanol–water partition coefficient (Wildman–Crippen LogP) is 3.77. The molecule has 0 saturated heterocycles.